The molecule has 3 N–H and O–H groups in total. The van der Waals surface area contributed by atoms with Gasteiger partial charge in [0.1, 0.15) is 23.3 Å². The molecular formula is C30H36N6O4. The molecular weight excluding hydrogens is 508 g/mol. The van der Waals surface area contributed by atoms with E-state index in [1.807, 2.05) is 52.5 Å². The van der Waals surface area contributed by atoms with Gasteiger partial charge < -0.3 is 25.4 Å². The number of hydrogen-bond donors (Lipinski definition) is 2. The molecule has 0 spiro atoms. The maximum Gasteiger partial charge on any atom is 0.340 e. The number of rotatable bonds is 6. The van der Waals surface area contributed by atoms with Crippen LogP contribution in [-0.4, -0.2) is 56.5 Å². The maximum absolute atomic E-state index is 12.6. The van der Waals surface area contributed by atoms with Crippen LogP contribution in [0.2, 0.25) is 0 Å². The normalized spacial score (nSPS) is 21.3. The van der Waals surface area contributed by atoms with Crippen molar-refractivity contribution in [2.24, 2.45) is 11.1 Å². The van der Waals surface area contributed by atoms with Gasteiger partial charge in [-0.1, -0.05) is 13.8 Å². The third-order valence-corrected chi connectivity index (χ3v) is 8.57. The van der Waals surface area contributed by atoms with Crippen LogP contribution in [0.1, 0.15) is 81.9 Å². The van der Waals surface area contributed by atoms with Crippen molar-refractivity contribution in [2.75, 3.05) is 18.4 Å². The number of amides is 1. The predicted octanol–water partition coefficient (Wildman–Crippen LogP) is 4.40. The lowest BCUT2D eigenvalue weighted by atomic mass is 9.84. The van der Waals surface area contributed by atoms with E-state index in [0.717, 1.165) is 29.2 Å². The Labute approximate surface area is 233 Å². The third kappa shape index (κ3) is 4.54. The molecule has 2 aliphatic heterocycles. The molecule has 1 saturated carbocycles. The number of likely N-dealkylation sites (tertiary alicyclic amines) is 1. The van der Waals surface area contributed by atoms with Gasteiger partial charge in [0.2, 0.25) is 11.8 Å². The summed E-state index contributed by atoms with van der Waals surface area (Å²) in [6.07, 6.45) is 5.28. The number of fused-ring (bicyclic) bond motifs is 2. The number of nitrogens with two attached hydrogens (primary N) is 1. The summed E-state index contributed by atoms with van der Waals surface area (Å²) < 4.78 is 11.8. The van der Waals surface area contributed by atoms with Crippen molar-refractivity contribution in [1.29, 1.82) is 0 Å². The van der Waals surface area contributed by atoms with Crippen molar-refractivity contribution in [1.82, 2.24) is 19.9 Å². The minimum Gasteiger partial charge on any atom is -0.470 e. The number of esters is 1. The molecule has 3 aliphatic rings. The van der Waals surface area contributed by atoms with Gasteiger partial charge in [-0.15, -0.1) is 0 Å². The summed E-state index contributed by atoms with van der Waals surface area (Å²) in [7, 11) is 0. The van der Waals surface area contributed by atoms with Gasteiger partial charge >= 0.3 is 5.97 Å². The summed E-state index contributed by atoms with van der Waals surface area (Å²) in [5.41, 5.74) is 7.05. The topological polar surface area (TPSA) is 133 Å². The van der Waals surface area contributed by atoms with E-state index >= 15 is 0 Å². The van der Waals surface area contributed by atoms with Crippen LogP contribution in [0, 0.1) is 5.41 Å². The zero-order chi connectivity index (χ0) is 28.6. The standard InChI is InChI=1S/C30H36N6O4/c1-16-24-18(26(37)40-29(16,4)5)7-8-22(35-24)34-23-11-19-20(12-32-23)25(33-13-21(19)28(2,3)31)39-17-14-36(15-17)27(38)30(6)9-10-30/h7-8,11-13,16-17H,9-10,14-15,31H2,1-6H3,(H,32,34,35)/t16-/m1/s1. The van der Waals surface area contributed by atoms with Gasteiger partial charge in [0, 0.05) is 29.3 Å². The molecule has 3 aromatic heterocycles. The van der Waals surface area contributed by atoms with E-state index in [0.29, 0.717) is 41.9 Å². The van der Waals surface area contributed by atoms with Gasteiger partial charge in [0.05, 0.1) is 29.7 Å². The van der Waals surface area contributed by atoms with E-state index in [9.17, 15) is 9.59 Å². The van der Waals surface area contributed by atoms with Crippen molar-refractivity contribution in [2.45, 2.75) is 77.5 Å². The minimum absolute atomic E-state index is 0.0770. The first kappa shape index (κ1) is 26.4. The fourth-order valence-electron chi connectivity index (χ4n) is 5.30. The molecule has 10 nitrogen and oxygen atoms in total. The van der Waals surface area contributed by atoms with Crippen LogP contribution in [-0.2, 0) is 15.1 Å². The average Bonchev–Trinajstić information content (AvgIpc) is 3.61. The molecule has 40 heavy (non-hydrogen) atoms. The SMILES string of the molecule is C[C@@H]1c2nc(Nc3cc4c(C(C)(C)N)cnc(OC5CN(C(=O)C6(C)CC6)C5)c4cn3)ccc2C(=O)OC1(C)C. The third-order valence-electron chi connectivity index (χ3n) is 8.57. The molecule has 0 aromatic carbocycles. The van der Waals surface area contributed by atoms with Crippen LogP contribution >= 0.6 is 0 Å². The Bertz CT molecular complexity index is 1540. The summed E-state index contributed by atoms with van der Waals surface area (Å²) >= 11 is 0. The Morgan fingerprint density at radius 1 is 1.12 bits per heavy atom. The first-order valence-electron chi connectivity index (χ1n) is 13.8. The summed E-state index contributed by atoms with van der Waals surface area (Å²) in [6, 6.07) is 5.40. The molecule has 1 aliphatic carbocycles. The van der Waals surface area contributed by atoms with Gasteiger partial charge in [-0.3, -0.25) is 4.79 Å². The second-order valence-corrected chi connectivity index (χ2v) is 12.8. The predicted molar refractivity (Wildman–Crippen MR) is 151 cm³/mol. The molecule has 2 fully saturated rings. The lowest BCUT2D eigenvalue weighted by molar-refractivity contribution is -0.145. The van der Waals surface area contributed by atoms with Crippen molar-refractivity contribution < 1.29 is 19.1 Å². The second-order valence-electron chi connectivity index (χ2n) is 12.8. The Kier molecular flexibility index (Phi) is 5.85. The maximum atomic E-state index is 12.6. The van der Waals surface area contributed by atoms with Gasteiger partial charge in [-0.05, 0) is 69.7 Å². The fourth-order valence-corrected chi connectivity index (χ4v) is 5.30. The van der Waals surface area contributed by atoms with Gasteiger partial charge in [0.25, 0.3) is 0 Å². The molecule has 1 amide bonds. The van der Waals surface area contributed by atoms with Gasteiger partial charge in [-0.25, -0.2) is 19.7 Å². The van der Waals surface area contributed by atoms with E-state index in [4.69, 9.17) is 20.2 Å². The number of carbonyl (C=O) groups excluding carboxylic acids is 2. The molecule has 1 saturated heterocycles. The van der Waals surface area contributed by atoms with E-state index in [-0.39, 0.29) is 29.3 Å². The first-order valence-corrected chi connectivity index (χ1v) is 13.8. The highest BCUT2D eigenvalue weighted by Gasteiger charge is 2.50. The van der Waals surface area contributed by atoms with Crippen LogP contribution in [0.15, 0.2) is 30.6 Å². The minimum atomic E-state index is -0.659. The zero-order valence-corrected chi connectivity index (χ0v) is 23.9. The number of nitrogens with zero attached hydrogens (tertiary/aromatic N) is 4. The van der Waals surface area contributed by atoms with Crippen molar-refractivity contribution in [3.63, 3.8) is 0 Å². The Morgan fingerprint density at radius 2 is 1.85 bits per heavy atom. The number of cyclic esters (lactones) is 1. The second kappa shape index (κ2) is 8.86. The molecule has 0 unspecified atom stereocenters. The van der Waals surface area contributed by atoms with E-state index < -0.39 is 11.1 Å². The lowest BCUT2D eigenvalue weighted by Crippen LogP contribution is -2.57. The summed E-state index contributed by atoms with van der Waals surface area (Å²) in [5.74, 6) is 1.40. The Hall–Kier alpha value is -3.79. The molecule has 1 atom stereocenters. The van der Waals surface area contributed by atoms with Gasteiger partial charge in [0.15, 0.2) is 0 Å². The number of anilines is 2. The van der Waals surface area contributed by atoms with Crippen molar-refractivity contribution >= 4 is 34.3 Å². The number of hydrogen-bond acceptors (Lipinski definition) is 9. The number of ether oxygens (including phenoxy) is 2. The summed E-state index contributed by atoms with van der Waals surface area (Å²) in [6.45, 7) is 12.8. The molecule has 3 aromatic rings. The zero-order valence-electron chi connectivity index (χ0n) is 23.9. The van der Waals surface area contributed by atoms with Crippen LogP contribution in [0.5, 0.6) is 5.88 Å². The van der Waals surface area contributed by atoms with Crippen molar-refractivity contribution in [3.8, 4) is 5.88 Å². The largest absolute Gasteiger partial charge is 0.470 e. The van der Waals surface area contributed by atoms with Crippen LogP contribution in [0.25, 0.3) is 10.8 Å². The first-order chi connectivity index (χ1) is 18.7. The number of carbonyl (C=O) groups is 2. The van der Waals surface area contributed by atoms with Crippen LogP contribution < -0.4 is 15.8 Å². The summed E-state index contributed by atoms with van der Waals surface area (Å²) in [4.78, 5) is 40.9. The summed E-state index contributed by atoms with van der Waals surface area (Å²) in [5, 5.41) is 4.90. The van der Waals surface area contributed by atoms with Crippen LogP contribution in [0.3, 0.4) is 0 Å². The molecule has 0 bridgehead atoms. The highest BCUT2D eigenvalue weighted by atomic mass is 16.6. The fraction of sp³-hybridized carbons (Fsp3) is 0.500. The molecule has 10 heteroatoms. The highest BCUT2D eigenvalue weighted by Crippen LogP contribution is 2.47. The van der Waals surface area contributed by atoms with Crippen LogP contribution in [0.4, 0.5) is 11.6 Å². The highest BCUT2D eigenvalue weighted by molar-refractivity contribution is 5.93. The molecule has 5 heterocycles. The molecule has 6 rings (SSSR count). The quantitative estimate of drug-likeness (QED) is 0.433. The van der Waals surface area contributed by atoms with E-state index in [1.165, 1.54) is 0 Å². The Morgan fingerprint density at radius 3 is 2.52 bits per heavy atom. The van der Waals surface area contributed by atoms with Crippen molar-refractivity contribution in [3.05, 3.63) is 47.4 Å². The number of pyridine rings is 3. The smallest absolute Gasteiger partial charge is 0.340 e. The Balaban J connectivity index is 1.27. The number of aromatic nitrogens is 3. The van der Waals surface area contributed by atoms with Gasteiger partial charge in [-0.2, -0.15) is 0 Å². The lowest BCUT2D eigenvalue weighted by Gasteiger charge is -2.40. The molecule has 210 valence electrons. The molecule has 0 radical (unpaired) electrons. The average molecular weight is 545 g/mol. The van der Waals surface area contributed by atoms with E-state index in [2.05, 4.69) is 15.3 Å². The van der Waals surface area contributed by atoms with E-state index in [1.54, 1.807) is 24.5 Å². The number of nitrogens with one attached hydrogen (secondary N) is 1. The monoisotopic (exact) mass is 544 g/mol.